The number of hydrogen-bond donors (Lipinski definition) is 1. The van der Waals surface area contributed by atoms with Crippen LogP contribution in [-0.4, -0.2) is 22.4 Å². The highest BCUT2D eigenvalue weighted by atomic mass is 32.1. The van der Waals surface area contributed by atoms with E-state index in [4.69, 9.17) is 0 Å². The molecule has 1 aromatic heterocycles. The molecule has 1 atom stereocenters. The molecule has 0 aliphatic heterocycles. The lowest BCUT2D eigenvalue weighted by Crippen LogP contribution is -2.29. The van der Waals surface area contributed by atoms with Crippen LogP contribution in [0, 0.1) is 12.8 Å². The van der Waals surface area contributed by atoms with Gasteiger partial charge < -0.3 is 5.32 Å². The molecule has 1 fully saturated rings. The maximum atomic E-state index is 4.38. The Kier molecular flexibility index (Phi) is 2.60. The zero-order valence-electron chi connectivity index (χ0n) is 8.08. The highest BCUT2D eigenvalue weighted by molar-refractivity contribution is 7.05. The van der Waals surface area contributed by atoms with Gasteiger partial charge in [0.2, 0.25) is 0 Å². The first-order valence-corrected chi connectivity index (χ1v) is 5.53. The predicted molar refractivity (Wildman–Crippen MR) is 53.9 cm³/mol. The van der Waals surface area contributed by atoms with Gasteiger partial charge in [0.15, 0.2) is 0 Å². The normalized spacial score (nSPS) is 18.9. The van der Waals surface area contributed by atoms with E-state index >= 15 is 0 Å². The van der Waals surface area contributed by atoms with Gasteiger partial charge in [-0.1, -0.05) is 0 Å². The highest BCUT2D eigenvalue weighted by Gasteiger charge is 2.30. The monoisotopic (exact) mass is 197 g/mol. The third-order valence-corrected chi connectivity index (χ3v) is 3.35. The van der Waals surface area contributed by atoms with E-state index in [2.05, 4.69) is 14.7 Å². The van der Waals surface area contributed by atoms with Crippen LogP contribution in [0.2, 0.25) is 0 Å². The summed E-state index contributed by atoms with van der Waals surface area (Å²) in [6.45, 7) is 1.95. The first-order chi connectivity index (χ1) is 6.29. The summed E-state index contributed by atoms with van der Waals surface area (Å²) in [5, 5.41) is 4.53. The molecule has 0 aromatic carbocycles. The van der Waals surface area contributed by atoms with E-state index in [0.717, 1.165) is 18.2 Å². The number of rotatable bonds is 4. The Morgan fingerprint density at radius 1 is 1.62 bits per heavy atom. The predicted octanol–water partition coefficient (Wildman–Crippen LogP) is 1.39. The first-order valence-electron chi connectivity index (χ1n) is 4.76. The maximum Gasteiger partial charge on any atom is 0.139 e. The summed E-state index contributed by atoms with van der Waals surface area (Å²) in [7, 11) is 2.04. The van der Waals surface area contributed by atoms with Crippen molar-refractivity contribution < 1.29 is 0 Å². The van der Waals surface area contributed by atoms with E-state index in [1.807, 2.05) is 14.0 Å². The molecule has 0 spiro atoms. The Morgan fingerprint density at radius 3 is 2.85 bits per heavy atom. The fourth-order valence-electron chi connectivity index (χ4n) is 1.61. The second kappa shape index (κ2) is 3.72. The van der Waals surface area contributed by atoms with Crippen LogP contribution < -0.4 is 5.32 Å². The summed E-state index contributed by atoms with van der Waals surface area (Å²) in [5.74, 6) is 1.79. The Hall–Kier alpha value is -0.480. The average Bonchev–Trinajstić information content (AvgIpc) is 2.87. The molecule has 0 saturated heterocycles. The fourth-order valence-corrected chi connectivity index (χ4v) is 2.32. The van der Waals surface area contributed by atoms with E-state index in [-0.39, 0.29) is 0 Å². The average molecular weight is 197 g/mol. The zero-order chi connectivity index (χ0) is 9.26. The maximum absolute atomic E-state index is 4.38. The Balaban J connectivity index is 1.95. The molecule has 1 saturated carbocycles. The topological polar surface area (TPSA) is 37.8 Å². The largest absolute Gasteiger partial charge is 0.316 e. The van der Waals surface area contributed by atoms with Crippen LogP contribution >= 0.6 is 11.5 Å². The SMILES string of the molecule is CNC(Cc1nc(C)ns1)C1CC1. The van der Waals surface area contributed by atoms with Gasteiger partial charge in [-0.15, -0.1) is 0 Å². The quantitative estimate of drug-likeness (QED) is 0.792. The molecule has 1 aliphatic rings. The minimum Gasteiger partial charge on any atom is -0.316 e. The molecule has 1 aliphatic carbocycles. The summed E-state index contributed by atoms with van der Waals surface area (Å²) < 4.78 is 4.19. The third kappa shape index (κ3) is 2.25. The van der Waals surface area contributed by atoms with Gasteiger partial charge in [0.1, 0.15) is 10.8 Å². The molecule has 1 heterocycles. The van der Waals surface area contributed by atoms with E-state index < -0.39 is 0 Å². The zero-order valence-corrected chi connectivity index (χ0v) is 8.90. The number of nitrogens with zero attached hydrogens (tertiary/aromatic N) is 2. The van der Waals surface area contributed by atoms with Crippen LogP contribution in [-0.2, 0) is 6.42 Å². The van der Waals surface area contributed by atoms with Crippen molar-refractivity contribution in [1.29, 1.82) is 0 Å². The Labute approximate surface area is 82.8 Å². The molecule has 4 heteroatoms. The summed E-state index contributed by atoms with van der Waals surface area (Å²) >= 11 is 1.54. The molecule has 0 radical (unpaired) electrons. The van der Waals surface area contributed by atoms with E-state index in [1.165, 1.54) is 29.4 Å². The lowest BCUT2D eigenvalue weighted by atomic mass is 10.1. The van der Waals surface area contributed by atoms with Crippen molar-refractivity contribution in [3.05, 3.63) is 10.8 Å². The molecule has 3 nitrogen and oxygen atoms in total. The molecule has 0 amide bonds. The smallest absolute Gasteiger partial charge is 0.139 e. The summed E-state index contributed by atoms with van der Waals surface area (Å²) in [6, 6.07) is 0.618. The molecule has 72 valence electrons. The van der Waals surface area contributed by atoms with Gasteiger partial charge >= 0.3 is 0 Å². The van der Waals surface area contributed by atoms with E-state index in [9.17, 15) is 0 Å². The standard InChI is InChI=1S/C9H15N3S/c1-6-11-9(13-12-6)5-8(10-2)7-3-4-7/h7-8,10H,3-5H2,1-2H3. The number of aryl methyl sites for hydroxylation is 1. The minimum absolute atomic E-state index is 0.618. The second-order valence-electron chi connectivity index (χ2n) is 3.67. The number of nitrogens with one attached hydrogen (secondary N) is 1. The number of hydrogen-bond acceptors (Lipinski definition) is 4. The molecule has 1 N–H and O–H groups in total. The van der Waals surface area contributed by atoms with Crippen molar-refractivity contribution in [2.75, 3.05) is 7.05 Å². The van der Waals surface area contributed by atoms with Crippen LogP contribution in [0.3, 0.4) is 0 Å². The van der Waals surface area contributed by atoms with Crippen LogP contribution in [0.25, 0.3) is 0 Å². The molecule has 1 unspecified atom stereocenters. The van der Waals surface area contributed by atoms with Crippen molar-refractivity contribution in [3.63, 3.8) is 0 Å². The third-order valence-electron chi connectivity index (χ3n) is 2.53. The molecule has 0 bridgehead atoms. The van der Waals surface area contributed by atoms with Crippen molar-refractivity contribution in [1.82, 2.24) is 14.7 Å². The lowest BCUT2D eigenvalue weighted by molar-refractivity contribution is 0.499. The van der Waals surface area contributed by atoms with Crippen LogP contribution in [0.5, 0.6) is 0 Å². The molecule has 13 heavy (non-hydrogen) atoms. The molecule has 2 rings (SSSR count). The first kappa shape index (κ1) is 9.09. The number of aromatic nitrogens is 2. The highest BCUT2D eigenvalue weighted by Crippen LogP contribution is 2.33. The van der Waals surface area contributed by atoms with Gasteiger partial charge in [-0.3, -0.25) is 0 Å². The summed E-state index contributed by atoms with van der Waals surface area (Å²) in [6.07, 6.45) is 3.80. The van der Waals surface area contributed by atoms with Crippen molar-refractivity contribution in [2.45, 2.75) is 32.2 Å². The Bertz CT molecular complexity index is 280. The second-order valence-corrected chi connectivity index (χ2v) is 4.51. The lowest BCUT2D eigenvalue weighted by Gasteiger charge is -2.12. The summed E-state index contributed by atoms with van der Waals surface area (Å²) in [5.41, 5.74) is 0. The molecular weight excluding hydrogens is 182 g/mol. The fraction of sp³-hybridized carbons (Fsp3) is 0.778. The van der Waals surface area contributed by atoms with Gasteiger partial charge in [-0.05, 0) is 44.3 Å². The molecule has 1 aromatic rings. The van der Waals surface area contributed by atoms with Gasteiger partial charge in [-0.2, -0.15) is 4.37 Å². The van der Waals surface area contributed by atoms with Gasteiger partial charge in [0, 0.05) is 12.5 Å². The van der Waals surface area contributed by atoms with Crippen LogP contribution in [0.15, 0.2) is 0 Å². The van der Waals surface area contributed by atoms with Gasteiger partial charge in [0.05, 0.1) is 0 Å². The Morgan fingerprint density at radius 2 is 2.38 bits per heavy atom. The molecular formula is C9H15N3S. The van der Waals surface area contributed by atoms with Crippen LogP contribution in [0.1, 0.15) is 23.7 Å². The van der Waals surface area contributed by atoms with Crippen molar-refractivity contribution >= 4 is 11.5 Å². The van der Waals surface area contributed by atoms with Crippen molar-refractivity contribution in [3.8, 4) is 0 Å². The minimum atomic E-state index is 0.618. The van der Waals surface area contributed by atoms with Gasteiger partial charge in [0.25, 0.3) is 0 Å². The van der Waals surface area contributed by atoms with E-state index in [1.54, 1.807) is 0 Å². The number of likely N-dealkylation sites (N-methyl/N-ethyl adjacent to an activating group) is 1. The van der Waals surface area contributed by atoms with Crippen molar-refractivity contribution in [2.24, 2.45) is 5.92 Å². The van der Waals surface area contributed by atoms with E-state index in [0.29, 0.717) is 6.04 Å². The summed E-state index contributed by atoms with van der Waals surface area (Å²) in [4.78, 5) is 4.38. The van der Waals surface area contributed by atoms with Gasteiger partial charge in [-0.25, -0.2) is 4.98 Å². The van der Waals surface area contributed by atoms with Crippen LogP contribution in [0.4, 0.5) is 0 Å².